The van der Waals surface area contributed by atoms with E-state index in [4.69, 9.17) is 4.74 Å². The van der Waals surface area contributed by atoms with Gasteiger partial charge in [0.25, 0.3) is 0 Å². The Balaban J connectivity index is 1.89. The number of carbonyl (C=O) groups is 1. The van der Waals surface area contributed by atoms with Gasteiger partial charge in [-0.15, -0.1) is 0 Å². The van der Waals surface area contributed by atoms with E-state index in [-0.39, 0.29) is 23.4 Å². The third-order valence-corrected chi connectivity index (χ3v) is 5.15. The number of carbonyl (C=O) groups excluding carboxylic acids is 1. The van der Waals surface area contributed by atoms with E-state index in [1.54, 1.807) is 19.1 Å². The zero-order valence-electron chi connectivity index (χ0n) is 11.6. The van der Waals surface area contributed by atoms with Gasteiger partial charge in [-0.3, -0.25) is 4.79 Å². The Morgan fingerprint density at radius 3 is 2.86 bits per heavy atom. The molecule has 4 heteroatoms. The topological polar surface area (TPSA) is 66.8 Å². The van der Waals surface area contributed by atoms with Gasteiger partial charge in [-0.25, -0.2) is 0 Å². The third-order valence-electron chi connectivity index (χ3n) is 5.15. The normalized spacial score (nSPS) is 36.9. The summed E-state index contributed by atoms with van der Waals surface area (Å²) in [6, 6.07) is 7.70. The Morgan fingerprint density at radius 2 is 2.05 bits per heavy atom. The molecule has 1 heterocycles. The average molecular weight is 284 g/mol. The summed E-state index contributed by atoms with van der Waals surface area (Å²) in [5.74, 6) is -0.0900. The summed E-state index contributed by atoms with van der Waals surface area (Å²) in [5, 5.41) is 20.3. The van der Waals surface area contributed by atoms with Crippen LogP contribution in [0.25, 0.3) is 5.57 Å². The van der Waals surface area contributed by atoms with E-state index in [1.165, 1.54) is 0 Å². The van der Waals surface area contributed by atoms with Crippen molar-refractivity contribution in [3.8, 4) is 5.75 Å². The molecule has 21 heavy (non-hydrogen) atoms. The second-order valence-electron chi connectivity index (χ2n) is 6.17. The smallest absolute Gasteiger partial charge is 0.206 e. The fourth-order valence-corrected chi connectivity index (χ4v) is 3.87. The molecule has 3 aliphatic rings. The van der Waals surface area contributed by atoms with Crippen LogP contribution < -0.4 is 4.74 Å². The van der Waals surface area contributed by atoms with Gasteiger partial charge in [0.15, 0.2) is 5.76 Å². The molecule has 108 valence electrons. The molecular weight excluding hydrogens is 268 g/mol. The first-order valence-electron chi connectivity index (χ1n) is 7.11. The summed E-state index contributed by atoms with van der Waals surface area (Å²) in [4.78, 5) is 12.2. The average Bonchev–Trinajstić information content (AvgIpc) is 2.73. The molecule has 1 aromatic carbocycles. The largest absolute Gasteiger partial charge is 0.505 e. The maximum atomic E-state index is 12.2. The highest BCUT2D eigenvalue weighted by atomic mass is 16.5. The van der Waals surface area contributed by atoms with Gasteiger partial charge in [-0.05, 0) is 24.6 Å². The van der Waals surface area contributed by atoms with Crippen LogP contribution in [0.1, 0.15) is 12.5 Å². The molecule has 0 amide bonds. The first kappa shape index (κ1) is 12.7. The van der Waals surface area contributed by atoms with Gasteiger partial charge < -0.3 is 14.9 Å². The Hall–Kier alpha value is -2.07. The predicted octanol–water partition coefficient (Wildman–Crippen LogP) is 2.10. The maximum absolute atomic E-state index is 12.2. The fourth-order valence-electron chi connectivity index (χ4n) is 3.87. The molecule has 4 nitrogen and oxygen atoms in total. The van der Waals surface area contributed by atoms with Crippen molar-refractivity contribution in [2.75, 3.05) is 6.61 Å². The van der Waals surface area contributed by atoms with Crippen LogP contribution >= 0.6 is 0 Å². The van der Waals surface area contributed by atoms with Crippen molar-refractivity contribution in [1.82, 2.24) is 0 Å². The molecule has 2 N–H and O–H groups in total. The van der Waals surface area contributed by atoms with Gasteiger partial charge in [0.1, 0.15) is 5.75 Å². The van der Waals surface area contributed by atoms with Gasteiger partial charge in [0, 0.05) is 17.4 Å². The van der Waals surface area contributed by atoms with Gasteiger partial charge in [0.2, 0.25) is 5.78 Å². The number of ether oxygens (including phenoxy) is 1. The Kier molecular flexibility index (Phi) is 2.40. The number of Topliss-reactive ketones (excluding diaryl/α,β-unsaturated/α-hetero) is 1. The lowest BCUT2D eigenvalue weighted by Crippen LogP contribution is -2.49. The number of hydrogen-bond donors (Lipinski definition) is 2. The molecule has 0 fully saturated rings. The van der Waals surface area contributed by atoms with E-state index in [1.807, 2.05) is 24.3 Å². The van der Waals surface area contributed by atoms with Crippen molar-refractivity contribution >= 4 is 11.4 Å². The van der Waals surface area contributed by atoms with Gasteiger partial charge in [-0.2, -0.15) is 0 Å². The lowest BCUT2D eigenvalue weighted by atomic mass is 9.61. The summed E-state index contributed by atoms with van der Waals surface area (Å²) in [5.41, 5.74) is 0.973. The molecule has 0 radical (unpaired) electrons. The first-order chi connectivity index (χ1) is 10.0. The van der Waals surface area contributed by atoms with E-state index < -0.39 is 11.5 Å². The van der Waals surface area contributed by atoms with E-state index in [0.717, 1.165) is 16.9 Å². The number of aliphatic hydroxyl groups is 2. The van der Waals surface area contributed by atoms with E-state index in [0.29, 0.717) is 6.61 Å². The van der Waals surface area contributed by atoms with Crippen molar-refractivity contribution < 1.29 is 19.7 Å². The highest BCUT2D eigenvalue weighted by molar-refractivity contribution is 6.02. The SMILES string of the molecule is C[C@@]12C(=O)C(O)=C[C@@H]1[C@@H]1COc3ccccc3C1=C[C@@H]2O. The minimum Gasteiger partial charge on any atom is -0.505 e. The Morgan fingerprint density at radius 1 is 1.29 bits per heavy atom. The highest BCUT2D eigenvalue weighted by Gasteiger charge is 2.57. The van der Waals surface area contributed by atoms with Crippen molar-refractivity contribution in [2.45, 2.75) is 13.0 Å². The number of benzene rings is 1. The molecule has 1 aromatic rings. The summed E-state index contributed by atoms with van der Waals surface area (Å²) in [6.07, 6.45) is 2.43. The monoisotopic (exact) mass is 284 g/mol. The maximum Gasteiger partial charge on any atom is 0.206 e. The van der Waals surface area contributed by atoms with Crippen molar-refractivity contribution in [1.29, 1.82) is 0 Å². The number of ketones is 1. The molecule has 2 aliphatic carbocycles. The van der Waals surface area contributed by atoms with Gasteiger partial charge in [-0.1, -0.05) is 24.3 Å². The molecule has 0 unspecified atom stereocenters. The first-order valence-corrected chi connectivity index (χ1v) is 7.11. The van der Waals surface area contributed by atoms with Crippen LogP contribution in [0.2, 0.25) is 0 Å². The van der Waals surface area contributed by atoms with Crippen LogP contribution in [-0.2, 0) is 4.79 Å². The van der Waals surface area contributed by atoms with Crippen molar-refractivity contribution in [3.63, 3.8) is 0 Å². The Bertz CT molecular complexity index is 702. The molecule has 4 atom stereocenters. The standard InChI is InChI=1S/C17H16O4/c1-17-12(7-13(18)16(17)20)11-8-21-14-5-3-2-4-9(14)10(11)6-15(17)19/h2-7,11-12,15,18-19H,8H2,1H3/t11-,12-,15+,17-/m1/s1. The summed E-state index contributed by atoms with van der Waals surface area (Å²) in [7, 11) is 0. The summed E-state index contributed by atoms with van der Waals surface area (Å²) >= 11 is 0. The molecule has 4 rings (SSSR count). The van der Waals surface area contributed by atoms with Crippen LogP contribution in [-0.4, -0.2) is 28.7 Å². The molecule has 0 saturated carbocycles. The molecule has 0 saturated heterocycles. The third kappa shape index (κ3) is 1.45. The van der Waals surface area contributed by atoms with Crippen LogP contribution in [0.5, 0.6) is 5.75 Å². The van der Waals surface area contributed by atoms with Crippen LogP contribution in [0.3, 0.4) is 0 Å². The lowest BCUT2D eigenvalue weighted by Gasteiger charge is -2.44. The quantitative estimate of drug-likeness (QED) is 0.765. The van der Waals surface area contributed by atoms with Crippen LogP contribution in [0, 0.1) is 17.3 Å². The minimum atomic E-state index is -0.992. The van der Waals surface area contributed by atoms with Crippen LogP contribution in [0.15, 0.2) is 42.2 Å². The summed E-state index contributed by atoms with van der Waals surface area (Å²) in [6.45, 7) is 2.17. The number of hydrogen-bond acceptors (Lipinski definition) is 4. The van der Waals surface area contributed by atoms with E-state index in [2.05, 4.69) is 0 Å². The minimum absolute atomic E-state index is 0.0260. The zero-order valence-corrected chi connectivity index (χ0v) is 11.6. The fraction of sp³-hybridized carbons (Fsp3) is 0.353. The number of allylic oxidation sites excluding steroid dienone is 2. The number of aliphatic hydroxyl groups excluding tert-OH is 2. The predicted molar refractivity (Wildman–Crippen MR) is 76.7 cm³/mol. The molecule has 1 aliphatic heterocycles. The van der Waals surface area contributed by atoms with E-state index >= 15 is 0 Å². The second-order valence-corrected chi connectivity index (χ2v) is 6.17. The molecular formula is C17H16O4. The number of rotatable bonds is 0. The number of para-hydroxylation sites is 1. The Labute approximate surface area is 122 Å². The second kappa shape index (κ2) is 3.98. The molecule has 0 spiro atoms. The van der Waals surface area contributed by atoms with Crippen molar-refractivity contribution in [2.24, 2.45) is 17.3 Å². The van der Waals surface area contributed by atoms with E-state index in [9.17, 15) is 15.0 Å². The molecule has 0 aromatic heterocycles. The lowest BCUT2D eigenvalue weighted by molar-refractivity contribution is -0.133. The van der Waals surface area contributed by atoms with Gasteiger partial charge >= 0.3 is 0 Å². The number of fused-ring (bicyclic) bond motifs is 5. The van der Waals surface area contributed by atoms with Crippen molar-refractivity contribution in [3.05, 3.63) is 47.7 Å². The van der Waals surface area contributed by atoms with Crippen LogP contribution in [0.4, 0.5) is 0 Å². The zero-order chi connectivity index (χ0) is 14.8. The van der Waals surface area contributed by atoms with Gasteiger partial charge in [0.05, 0.1) is 18.1 Å². The molecule has 0 bridgehead atoms. The highest BCUT2D eigenvalue weighted by Crippen LogP contribution is 2.54. The summed E-state index contributed by atoms with van der Waals surface area (Å²) < 4.78 is 5.81.